The highest BCUT2D eigenvalue weighted by molar-refractivity contribution is 5.91. The fraction of sp³-hybridized carbons (Fsp3) is 0.320. The van der Waals surface area contributed by atoms with E-state index in [-0.39, 0.29) is 36.6 Å². The number of aromatic nitrogens is 3. The number of carbonyl (C=O) groups excluding carboxylic acids is 2. The van der Waals surface area contributed by atoms with E-state index in [1.807, 2.05) is 24.3 Å². The van der Waals surface area contributed by atoms with E-state index in [0.29, 0.717) is 19.5 Å². The highest BCUT2D eigenvalue weighted by Gasteiger charge is 2.43. The standard InChI is InChI=1S/C25H25N5O5/c31-23(27-12-15-11-20(15)24(32)33)22-13-30(29-28-22)10-9-26-25(34)35-14-21-18-7-3-1-5-16(18)17-6-2-4-8-19(17)21/h1-8,13,15,20-21H,9-12,14H2,(H,26,34)(H,27,31)(H,32,33)/t15-,20-/m0/s1. The normalized spacial score (nSPS) is 17.8. The van der Waals surface area contributed by atoms with Crippen molar-refractivity contribution in [2.45, 2.75) is 18.9 Å². The molecule has 35 heavy (non-hydrogen) atoms. The number of carboxylic acids is 1. The quantitative estimate of drug-likeness (QED) is 0.432. The van der Waals surface area contributed by atoms with Crippen LogP contribution in [0.4, 0.5) is 4.79 Å². The second kappa shape index (κ2) is 9.57. The van der Waals surface area contributed by atoms with E-state index >= 15 is 0 Å². The molecule has 10 nitrogen and oxygen atoms in total. The van der Waals surface area contributed by atoms with Crippen LogP contribution in [0.25, 0.3) is 11.1 Å². The second-order valence-corrected chi connectivity index (χ2v) is 8.77. The Morgan fingerprint density at radius 3 is 2.37 bits per heavy atom. The van der Waals surface area contributed by atoms with Gasteiger partial charge in [0.2, 0.25) is 0 Å². The summed E-state index contributed by atoms with van der Waals surface area (Å²) in [5.74, 6) is -1.66. The summed E-state index contributed by atoms with van der Waals surface area (Å²) in [6, 6.07) is 16.3. The maximum atomic E-state index is 12.3. The molecule has 3 aromatic rings. The summed E-state index contributed by atoms with van der Waals surface area (Å²) in [4.78, 5) is 35.3. The number of hydrogen-bond donors (Lipinski definition) is 3. The molecule has 1 saturated carbocycles. The van der Waals surface area contributed by atoms with E-state index < -0.39 is 18.0 Å². The van der Waals surface area contributed by atoms with Crippen LogP contribution in [-0.2, 0) is 16.1 Å². The molecular formula is C25H25N5O5. The maximum absolute atomic E-state index is 12.3. The minimum atomic E-state index is -0.834. The summed E-state index contributed by atoms with van der Waals surface area (Å²) < 4.78 is 6.96. The van der Waals surface area contributed by atoms with Crippen molar-refractivity contribution >= 4 is 18.0 Å². The van der Waals surface area contributed by atoms with Gasteiger partial charge < -0.3 is 20.5 Å². The zero-order chi connectivity index (χ0) is 24.4. The highest BCUT2D eigenvalue weighted by Crippen LogP contribution is 2.44. The molecule has 0 radical (unpaired) electrons. The van der Waals surface area contributed by atoms with Crippen LogP contribution in [0, 0.1) is 11.8 Å². The van der Waals surface area contributed by atoms with Crippen LogP contribution in [0.5, 0.6) is 0 Å². The van der Waals surface area contributed by atoms with Crippen LogP contribution < -0.4 is 10.6 Å². The Labute approximate surface area is 201 Å². The zero-order valence-corrected chi connectivity index (χ0v) is 18.9. The smallest absolute Gasteiger partial charge is 0.407 e. The maximum Gasteiger partial charge on any atom is 0.407 e. The summed E-state index contributed by atoms with van der Waals surface area (Å²) in [5, 5.41) is 22.0. The number of nitrogens with zero attached hydrogens (tertiary/aromatic N) is 3. The van der Waals surface area contributed by atoms with Crippen molar-refractivity contribution < 1.29 is 24.2 Å². The molecule has 1 heterocycles. The molecule has 0 bridgehead atoms. The number of benzene rings is 2. The first kappa shape index (κ1) is 22.6. The summed E-state index contributed by atoms with van der Waals surface area (Å²) in [6.07, 6.45) is 1.53. The average molecular weight is 476 g/mol. The van der Waals surface area contributed by atoms with Crippen molar-refractivity contribution in [2.75, 3.05) is 19.7 Å². The van der Waals surface area contributed by atoms with Gasteiger partial charge in [-0.3, -0.25) is 9.59 Å². The molecule has 0 spiro atoms. The number of carboxylic acid groups (broad SMARTS) is 1. The lowest BCUT2D eigenvalue weighted by atomic mass is 9.98. The van der Waals surface area contributed by atoms with Gasteiger partial charge in [-0.25, -0.2) is 9.48 Å². The van der Waals surface area contributed by atoms with Gasteiger partial charge in [-0.15, -0.1) is 5.10 Å². The Morgan fingerprint density at radius 1 is 1.03 bits per heavy atom. The van der Waals surface area contributed by atoms with Crippen molar-refractivity contribution in [2.24, 2.45) is 11.8 Å². The summed E-state index contributed by atoms with van der Waals surface area (Å²) in [5.41, 5.74) is 4.77. The molecule has 0 saturated heterocycles. The number of rotatable bonds is 9. The Morgan fingerprint density at radius 2 is 1.71 bits per heavy atom. The monoisotopic (exact) mass is 475 g/mol. The first-order valence-electron chi connectivity index (χ1n) is 11.5. The number of carbonyl (C=O) groups is 3. The molecule has 180 valence electrons. The van der Waals surface area contributed by atoms with Crippen molar-refractivity contribution in [3.63, 3.8) is 0 Å². The Kier molecular flexibility index (Phi) is 6.17. The Balaban J connectivity index is 1.06. The molecule has 2 aliphatic rings. The first-order valence-corrected chi connectivity index (χ1v) is 11.5. The fourth-order valence-electron chi connectivity index (χ4n) is 4.52. The van der Waals surface area contributed by atoms with Crippen LogP contribution in [0.1, 0.15) is 34.0 Å². The van der Waals surface area contributed by atoms with Gasteiger partial charge in [0.05, 0.1) is 18.7 Å². The largest absolute Gasteiger partial charge is 0.481 e. The summed E-state index contributed by atoms with van der Waals surface area (Å²) >= 11 is 0. The molecule has 2 aliphatic carbocycles. The lowest BCUT2D eigenvalue weighted by Gasteiger charge is -2.14. The Bertz CT molecular complexity index is 1230. The number of fused-ring (bicyclic) bond motifs is 3. The van der Waals surface area contributed by atoms with Crippen molar-refractivity contribution in [3.8, 4) is 11.1 Å². The van der Waals surface area contributed by atoms with E-state index in [0.717, 1.165) is 11.1 Å². The predicted molar refractivity (Wildman–Crippen MR) is 125 cm³/mol. The minimum Gasteiger partial charge on any atom is -0.481 e. The van der Waals surface area contributed by atoms with E-state index in [9.17, 15) is 14.4 Å². The molecule has 1 aromatic heterocycles. The van der Waals surface area contributed by atoms with Crippen LogP contribution in [0.3, 0.4) is 0 Å². The van der Waals surface area contributed by atoms with Gasteiger partial charge in [0.15, 0.2) is 5.69 Å². The van der Waals surface area contributed by atoms with Crippen molar-refractivity contribution in [1.82, 2.24) is 25.6 Å². The molecule has 0 unspecified atom stereocenters. The fourth-order valence-corrected chi connectivity index (χ4v) is 4.52. The zero-order valence-electron chi connectivity index (χ0n) is 18.9. The van der Waals surface area contributed by atoms with E-state index in [1.54, 1.807) is 0 Å². The number of alkyl carbamates (subject to hydrolysis) is 1. The molecule has 2 atom stereocenters. The average Bonchev–Trinajstić information content (AvgIpc) is 3.38. The van der Waals surface area contributed by atoms with E-state index in [2.05, 4.69) is 45.2 Å². The molecule has 2 aromatic carbocycles. The predicted octanol–water partition coefficient (Wildman–Crippen LogP) is 2.27. The third-order valence-electron chi connectivity index (χ3n) is 6.49. The Hall–Kier alpha value is -4.21. The number of hydrogen-bond acceptors (Lipinski definition) is 6. The van der Waals surface area contributed by atoms with Crippen molar-refractivity contribution in [1.29, 1.82) is 0 Å². The van der Waals surface area contributed by atoms with Crippen LogP contribution in [0.15, 0.2) is 54.7 Å². The number of amides is 2. The van der Waals surface area contributed by atoms with Gasteiger partial charge in [0.25, 0.3) is 5.91 Å². The topological polar surface area (TPSA) is 135 Å². The first-order chi connectivity index (χ1) is 17.0. The molecule has 0 aliphatic heterocycles. The summed E-state index contributed by atoms with van der Waals surface area (Å²) in [6.45, 7) is 1.10. The van der Waals surface area contributed by atoms with Gasteiger partial charge in [-0.1, -0.05) is 53.7 Å². The number of aliphatic carboxylic acids is 1. The molecule has 3 N–H and O–H groups in total. The van der Waals surface area contributed by atoms with Crippen LogP contribution >= 0.6 is 0 Å². The van der Waals surface area contributed by atoms with Gasteiger partial charge in [-0.05, 0) is 34.6 Å². The lowest BCUT2D eigenvalue weighted by molar-refractivity contribution is -0.138. The molecule has 10 heteroatoms. The third-order valence-corrected chi connectivity index (χ3v) is 6.49. The minimum absolute atomic E-state index is 0.00838. The van der Waals surface area contributed by atoms with Gasteiger partial charge >= 0.3 is 12.1 Å². The molecule has 1 fully saturated rings. The highest BCUT2D eigenvalue weighted by atomic mass is 16.5. The molecule has 2 amide bonds. The second-order valence-electron chi connectivity index (χ2n) is 8.77. The van der Waals surface area contributed by atoms with Crippen LogP contribution in [0.2, 0.25) is 0 Å². The number of nitrogens with one attached hydrogen (secondary N) is 2. The number of ether oxygens (including phenoxy) is 1. The van der Waals surface area contributed by atoms with Gasteiger partial charge in [0, 0.05) is 19.0 Å². The molecular weight excluding hydrogens is 450 g/mol. The van der Waals surface area contributed by atoms with Gasteiger partial charge in [0.1, 0.15) is 6.61 Å². The van der Waals surface area contributed by atoms with Crippen LogP contribution in [-0.4, -0.2) is 57.8 Å². The van der Waals surface area contributed by atoms with E-state index in [4.69, 9.17) is 9.84 Å². The van der Waals surface area contributed by atoms with Gasteiger partial charge in [-0.2, -0.15) is 0 Å². The summed E-state index contributed by atoms with van der Waals surface area (Å²) in [7, 11) is 0. The lowest BCUT2D eigenvalue weighted by Crippen LogP contribution is -2.29. The SMILES string of the molecule is O=C(NCCn1cc(C(=O)NC[C@@H]2C[C@@H]2C(=O)O)nn1)OCC1c2ccccc2-c2ccccc21. The third kappa shape index (κ3) is 4.86. The van der Waals surface area contributed by atoms with E-state index in [1.165, 1.54) is 22.0 Å². The van der Waals surface area contributed by atoms with Crippen molar-refractivity contribution in [3.05, 3.63) is 71.5 Å². The molecule has 5 rings (SSSR count).